The van der Waals surface area contributed by atoms with Gasteiger partial charge < -0.3 is 4.90 Å². The van der Waals surface area contributed by atoms with E-state index in [4.69, 9.17) is 0 Å². The van der Waals surface area contributed by atoms with Crippen LogP contribution in [0.25, 0.3) is 0 Å². The Hall–Kier alpha value is -0.620. The quantitative estimate of drug-likeness (QED) is 0.825. The molecule has 0 spiro atoms. The van der Waals surface area contributed by atoms with Gasteiger partial charge in [-0.2, -0.15) is 0 Å². The molecule has 108 valence electrons. The molecule has 2 saturated carbocycles. The Bertz CT molecular complexity index is 462. The number of fused-ring (bicyclic) bond motifs is 1. The molecule has 6 heteroatoms. The van der Waals surface area contributed by atoms with Gasteiger partial charge in [0.2, 0.25) is 15.9 Å². The third-order valence-corrected chi connectivity index (χ3v) is 5.58. The predicted octanol–water partition coefficient (Wildman–Crippen LogP) is 0.573. The van der Waals surface area contributed by atoms with Crippen molar-refractivity contribution in [2.75, 3.05) is 19.3 Å². The summed E-state index contributed by atoms with van der Waals surface area (Å²) in [5.41, 5.74) is 0. The van der Waals surface area contributed by atoms with E-state index in [9.17, 15) is 13.2 Å². The summed E-state index contributed by atoms with van der Waals surface area (Å²) in [7, 11) is -3.29. The van der Waals surface area contributed by atoms with Gasteiger partial charge in [-0.25, -0.2) is 13.1 Å². The monoisotopic (exact) mass is 286 g/mol. The molecule has 2 unspecified atom stereocenters. The van der Waals surface area contributed by atoms with Crippen LogP contribution in [0.2, 0.25) is 0 Å². The second-order valence-corrected chi connectivity index (χ2v) is 8.40. The third-order valence-electron chi connectivity index (χ3n) is 4.91. The molecule has 2 saturated heterocycles. The van der Waals surface area contributed by atoms with Gasteiger partial charge in [-0.1, -0.05) is 0 Å². The normalized spacial score (nSPS) is 37.4. The zero-order valence-electron chi connectivity index (χ0n) is 11.3. The summed E-state index contributed by atoms with van der Waals surface area (Å²) < 4.78 is 24.5. The summed E-state index contributed by atoms with van der Waals surface area (Å²) in [6, 6.07) is 0.352. The number of amides is 1. The second-order valence-electron chi connectivity index (χ2n) is 6.57. The lowest BCUT2D eigenvalue weighted by Crippen LogP contribution is -2.46. The highest BCUT2D eigenvalue weighted by Gasteiger charge is 2.43. The number of rotatable bonds is 3. The van der Waals surface area contributed by atoms with Crippen molar-refractivity contribution in [2.24, 2.45) is 17.8 Å². The Labute approximate surface area is 114 Å². The smallest absolute Gasteiger partial charge is 0.237 e. The van der Waals surface area contributed by atoms with Gasteiger partial charge in [-0.3, -0.25) is 4.79 Å². The first kappa shape index (κ1) is 13.4. The van der Waals surface area contributed by atoms with Gasteiger partial charge in [-0.15, -0.1) is 0 Å². The van der Waals surface area contributed by atoms with Crippen LogP contribution in [0.15, 0.2) is 0 Å². The maximum Gasteiger partial charge on any atom is 0.237 e. The van der Waals surface area contributed by atoms with Gasteiger partial charge >= 0.3 is 0 Å². The Kier molecular flexibility index (Phi) is 3.33. The fraction of sp³-hybridized carbons (Fsp3) is 0.923. The highest BCUT2D eigenvalue weighted by Crippen LogP contribution is 2.47. The Morgan fingerprint density at radius 3 is 2.26 bits per heavy atom. The lowest BCUT2D eigenvalue weighted by molar-refractivity contribution is -0.132. The van der Waals surface area contributed by atoms with Crippen LogP contribution in [0.4, 0.5) is 0 Å². The van der Waals surface area contributed by atoms with Crippen LogP contribution >= 0.6 is 0 Å². The molecule has 5 nitrogen and oxygen atoms in total. The molecule has 4 fully saturated rings. The minimum absolute atomic E-state index is 0.0522. The SMILES string of the molecule is CS(=O)(=O)NCC(=O)N1CC2CC3CC(C2)CC1C3. The van der Waals surface area contributed by atoms with E-state index in [1.54, 1.807) is 0 Å². The van der Waals surface area contributed by atoms with Gasteiger partial charge in [0.05, 0.1) is 12.8 Å². The predicted molar refractivity (Wildman–Crippen MR) is 71.9 cm³/mol. The summed E-state index contributed by atoms with van der Waals surface area (Å²) in [6.45, 7) is 0.749. The molecular formula is C13H22N2O3S. The molecule has 4 bridgehead atoms. The highest BCUT2D eigenvalue weighted by atomic mass is 32.2. The van der Waals surface area contributed by atoms with Crippen molar-refractivity contribution >= 4 is 15.9 Å². The van der Waals surface area contributed by atoms with E-state index < -0.39 is 10.0 Å². The van der Waals surface area contributed by atoms with Crippen LogP contribution in [0.3, 0.4) is 0 Å². The largest absolute Gasteiger partial charge is 0.338 e. The summed E-state index contributed by atoms with van der Waals surface area (Å²) in [5.74, 6) is 2.17. The summed E-state index contributed by atoms with van der Waals surface area (Å²) in [4.78, 5) is 14.2. The Balaban J connectivity index is 1.69. The van der Waals surface area contributed by atoms with E-state index in [2.05, 4.69) is 4.72 Å². The van der Waals surface area contributed by atoms with Gasteiger partial charge in [0.25, 0.3) is 0 Å². The molecule has 0 aromatic rings. The van der Waals surface area contributed by atoms with Crippen LogP contribution in [0, 0.1) is 17.8 Å². The van der Waals surface area contributed by atoms with Gasteiger partial charge in [-0.05, 0) is 49.9 Å². The highest BCUT2D eigenvalue weighted by molar-refractivity contribution is 7.88. The van der Waals surface area contributed by atoms with Crippen LogP contribution in [-0.4, -0.2) is 44.6 Å². The molecule has 0 radical (unpaired) electrons. The molecule has 1 N–H and O–H groups in total. The first-order chi connectivity index (χ1) is 8.90. The minimum atomic E-state index is -3.29. The van der Waals surface area contributed by atoms with Crippen LogP contribution in [0.1, 0.15) is 32.1 Å². The first-order valence-electron chi connectivity index (χ1n) is 7.15. The number of nitrogens with one attached hydrogen (secondary N) is 1. The van der Waals surface area contributed by atoms with E-state index in [1.807, 2.05) is 4.90 Å². The van der Waals surface area contributed by atoms with E-state index >= 15 is 0 Å². The lowest BCUT2D eigenvalue weighted by atomic mass is 9.68. The third kappa shape index (κ3) is 2.94. The molecule has 4 aliphatic rings. The average Bonchev–Trinajstić information content (AvgIpc) is 2.49. The molecular weight excluding hydrogens is 264 g/mol. The van der Waals surface area contributed by atoms with Crippen molar-refractivity contribution in [3.8, 4) is 0 Å². The van der Waals surface area contributed by atoms with Crippen molar-refractivity contribution < 1.29 is 13.2 Å². The Morgan fingerprint density at radius 1 is 1.11 bits per heavy atom. The van der Waals surface area contributed by atoms with Gasteiger partial charge in [0.15, 0.2) is 0 Å². The molecule has 0 aromatic carbocycles. The number of carbonyl (C=O) groups excluding carboxylic acids is 1. The van der Waals surface area contributed by atoms with Crippen molar-refractivity contribution in [2.45, 2.75) is 38.1 Å². The lowest BCUT2D eigenvalue weighted by Gasteiger charge is -2.39. The molecule has 19 heavy (non-hydrogen) atoms. The molecule has 2 aliphatic heterocycles. The molecule has 4 rings (SSSR count). The Morgan fingerprint density at radius 2 is 1.68 bits per heavy atom. The van der Waals surface area contributed by atoms with Crippen LogP contribution in [-0.2, 0) is 14.8 Å². The zero-order chi connectivity index (χ0) is 13.6. The minimum Gasteiger partial charge on any atom is -0.338 e. The van der Waals surface area contributed by atoms with Crippen molar-refractivity contribution in [1.82, 2.24) is 9.62 Å². The van der Waals surface area contributed by atoms with E-state index in [1.165, 1.54) is 19.3 Å². The van der Waals surface area contributed by atoms with Crippen molar-refractivity contribution in [1.29, 1.82) is 0 Å². The summed E-state index contributed by atoms with van der Waals surface area (Å²) in [5, 5.41) is 0. The van der Waals surface area contributed by atoms with Crippen molar-refractivity contribution in [3.63, 3.8) is 0 Å². The fourth-order valence-electron chi connectivity index (χ4n) is 4.38. The van der Waals surface area contributed by atoms with Gasteiger partial charge in [0, 0.05) is 12.6 Å². The van der Waals surface area contributed by atoms with Crippen LogP contribution in [0.5, 0.6) is 0 Å². The molecule has 2 atom stereocenters. The van der Waals surface area contributed by atoms with E-state index in [-0.39, 0.29) is 12.5 Å². The molecule has 1 amide bonds. The van der Waals surface area contributed by atoms with Crippen LogP contribution < -0.4 is 4.72 Å². The summed E-state index contributed by atoms with van der Waals surface area (Å²) >= 11 is 0. The average molecular weight is 286 g/mol. The molecule has 0 aromatic heterocycles. The maximum absolute atomic E-state index is 12.3. The number of carbonyl (C=O) groups is 1. The topological polar surface area (TPSA) is 66.5 Å². The molecule has 2 aliphatic carbocycles. The standard InChI is InChI=1S/C13H22N2O3S/c1-19(17,18)14-7-13(16)15-8-11-3-9-2-10(4-11)6-12(15)5-9/h9-12,14H,2-8H2,1H3. The van der Waals surface area contributed by atoms with E-state index in [0.717, 1.165) is 37.5 Å². The maximum atomic E-state index is 12.3. The fourth-order valence-corrected chi connectivity index (χ4v) is 4.77. The zero-order valence-corrected chi connectivity index (χ0v) is 12.2. The molecule has 2 heterocycles. The second kappa shape index (κ2) is 4.74. The van der Waals surface area contributed by atoms with Crippen molar-refractivity contribution in [3.05, 3.63) is 0 Å². The number of sulfonamides is 1. The first-order valence-corrected chi connectivity index (χ1v) is 9.04. The summed E-state index contributed by atoms with van der Waals surface area (Å²) in [6.07, 6.45) is 7.20. The van der Waals surface area contributed by atoms with E-state index in [0.29, 0.717) is 12.0 Å². The number of nitrogens with zero attached hydrogens (tertiary/aromatic N) is 1. The number of hydrogen-bond donors (Lipinski definition) is 1. The number of hydrogen-bond acceptors (Lipinski definition) is 3. The van der Waals surface area contributed by atoms with Gasteiger partial charge in [0.1, 0.15) is 0 Å².